The average molecular weight is 214 g/mol. The van der Waals surface area contributed by atoms with Crippen molar-refractivity contribution in [3.63, 3.8) is 0 Å². The fourth-order valence-electron chi connectivity index (χ4n) is 1.21. The fourth-order valence-corrected chi connectivity index (χ4v) is 1.21. The topological polar surface area (TPSA) is 69.7 Å². The summed E-state index contributed by atoms with van der Waals surface area (Å²) in [6.45, 7) is 1.71. The van der Waals surface area contributed by atoms with Crippen LogP contribution in [-0.2, 0) is 15.9 Å². The fraction of sp³-hybridized carbons (Fsp3) is 0.600. The lowest BCUT2D eigenvalue weighted by Crippen LogP contribution is -2.40. The molecule has 1 unspecified atom stereocenters. The summed E-state index contributed by atoms with van der Waals surface area (Å²) in [5.74, 6) is 6.30. The first-order chi connectivity index (χ1) is 7.36. The van der Waals surface area contributed by atoms with Gasteiger partial charge in [-0.15, -0.1) is 0 Å². The largest absolute Gasteiger partial charge is 0.469 e. The Balaban J connectivity index is 2.18. The first kappa shape index (κ1) is 12.2. The van der Waals surface area contributed by atoms with Crippen molar-refractivity contribution < 1.29 is 13.9 Å². The molecule has 0 aliphatic carbocycles. The van der Waals surface area contributed by atoms with Crippen molar-refractivity contribution in [3.8, 4) is 0 Å². The summed E-state index contributed by atoms with van der Waals surface area (Å²) in [5, 5.41) is 0. The number of methoxy groups -OCH3 is 1. The molecule has 15 heavy (non-hydrogen) atoms. The van der Waals surface area contributed by atoms with Gasteiger partial charge in [0.05, 0.1) is 32.1 Å². The Bertz CT molecular complexity index is 239. The molecule has 0 aliphatic rings. The molecular weight excluding hydrogens is 196 g/mol. The summed E-state index contributed by atoms with van der Waals surface area (Å²) in [7, 11) is 1.64. The molecule has 1 aromatic rings. The van der Waals surface area contributed by atoms with Crippen molar-refractivity contribution in [2.45, 2.75) is 12.5 Å². The highest BCUT2D eigenvalue weighted by molar-refractivity contribution is 5.00. The van der Waals surface area contributed by atoms with E-state index in [1.807, 2.05) is 12.1 Å². The van der Waals surface area contributed by atoms with Gasteiger partial charge in [-0.3, -0.25) is 11.3 Å². The quantitative estimate of drug-likeness (QED) is 0.370. The molecule has 0 amide bonds. The van der Waals surface area contributed by atoms with E-state index in [9.17, 15) is 0 Å². The standard InChI is InChI=1S/C10H18N2O3/c1-13-5-6-14-8-9(12-11)7-10-3-2-4-15-10/h2-4,9,12H,5-8,11H2,1H3. The molecule has 0 fully saturated rings. The first-order valence-corrected chi connectivity index (χ1v) is 4.92. The summed E-state index contributed by atoms with van der Waals surface area (Å²) in [6.07, 6.45) is 2.37. The molecule has 0 bridgehead atoms. The summed E-state index contributed by atoms with van der Waals surface area (Å²) in [5.41, 5.74) is 2.69. The monoisotopic (exact) mass is 214 g/mol. The average Bonchev–Trinajstić information content (AvgIpc) is 2.75. The van der Waals surface area contributed by atoms with Gasteiger partial charge in [-0.25, -0.2) is 0 Å². The van der Waals surface area contributed by atoms with Gasteiger partial charge in [0.1, 0.15) is 5.76 Å². The van der Waals surface area contributed by atoms with E-state index < -0.39 is 0 Å². The molecule has 0 radical (unpaired) electrons. The van der Waals surface area contributed by atoms with Gasteiger partial charge in [-0.1, -0.05) is 0 Å². The number of rotatable bonds is 8. The number of hydrogen-bond donors (Lipinski definition) is 2. The van der Waals surface area contributed by atoms with E-state index in [1.165, 1.54) is 0 Å². The van der Waals surface area contributed by atoms with Gasteiger partial charge in [-0.2, -0.15) is 0 Å². The number of ether oxygens (including phenoxy) is 2. The minimum Gasteiger partial charge on any atom is -0.469 e. The highest BCUT2D eigenvalue weighted by Gasteiger charge is 2.09. The van der Waals surface area contributed by atoms with Crippen molar-refractivity contribution in [2.24, 2.45) is 5.84 Å². The van der Waals surface area contributed by atoms with Crippen molar-refractivity contribution in [2.75, 3.05) is 26.9 Å². The summed E-state index contributed by atoms with van der Waals surface area (Å²) < 4.78 is 15.5. The second-order valence-electron chi connectivity index (χ2n) is 3.21. The molecule has 1 atom stereocenters. The van der Waals surface area contributed by atoms with Crippen LogP contribution in [0.1, 0.15) is 5.76 Å². The molecule has 3 N–H and O–H groups in total. The van der Waals surface area contributed by atoms with Gasteiger partial charge < -0.3 is 13.9 Å². The predicted octanol–water partition coefficient (Wildman–Crippen LogP) is 0.317. The van der Waals surface area contributed by atoms with Crippen LogP contribution in [0.15, 0.2) is 22.8 Å². The summed E-state index contributed by atoms with van der Waals surface area (Å²) in [4.78, 5) is 0. The smallest absolute Gasteiger partial charge is 0.105 e. The van der Waals surface area contributed by atoms with Crippen LogP contribution in [0, 0.1) is 0 Å². The van der Waals surface area contributed by atoms with E-state index >= 15 is 0 Å². The molecule has 0 saturated carbocycles. The van der Waals surface area contributed by atoms with Gasteiger partial charge in [0.2, 0.25) is 0 Å². The van der Waals surface area contributed by atoms with Crippen LogP contribution in [0.5, 0.6) is 0 Å². The molecule has 5 heteroatoms. The highest BCUT2D eigenvalue weighted by atomic mass is 16.5. The lowest BCUT2D eigenvalue weighted by atomic mass is 10.2. The number of hydrogen-bond acceptors (Lipinski definition) is 5. The van der Waals surface area contributed by atoms with Crippen LogP contribution >= 0.6 is 0 Å². The van der Waals surface area contributed by atoms with Crippen LogP contribution in [0.4, 0.5) is 0 Å². The Morgan fingerprint density at radius 2 is 2.40 bits per heavy atom. The van der Waals surface area contributed by atoms with E-state index in [0.717, 1.165) is 12.2 Å². The SMILES string of the molecule is COCCOCC(Cc1ccco1)NN. The lowest BCUT2D eigenvalue weighted by molar-refractivity contribution is 0.0580. The lowest BCUT2D eigenvalue weighted by Gasteiger charge is -2.14. The molecule has 1 heterocycles. The van der Waals surface area contributed by atoms with Crippen LogP contribution in [0.2, 0.25) is 0 Å². The van der Waals surface area contributed by atoms with Gasteiger partial charge in [-0.05, 0) is 12.1 Å². The van der Waals surface area contributed by atoms with Gasteiger partial charge in [0.15, 0.2) is 0 Å². The molecule has 0 aromatic carbocycles. The zero-order valence-corrected chi connectivity index (χ0v) is 8.94. The maximum Gasteiger partial charge on any atom is 0.105 e. The highest BCUT2D eigenvalue weighted by Crippen LogP contribution is 2.03. The molecule has 1 rings (SSSR count). The van der Waals surface area contributed by atoms with Crippen molar-refractivity contribution in [1.82, 2.24) is 5.43 Å². The minimum atomic E-state index is 0.0630. The molecule has 0 spiro atoms. The summed E-state index contributed by atoms with van der Waals surface area (Å²) in [6, 6.07) is 3.83. The Labute approximate surface area is 89.5 Å². The molecule has 0 aliphatic heterocycles. The molecule has 0 saturated heterocycles. The zero-order chi connectivity index (χ0) is 10.9. The number of nitrogens with two attached hydrogens (primary N) is 1. The number of hydrazine groups is 1. The Morgan fingerprint density at radius 3 is 3.00 bits per heavy atom. The normalized spacial score (nSPS) is 12.9. The third-order valence-electron chi connectivity index (χ3n) is 2.01. The Hall–Kier alpha value is -0.880. The van der Waals surface area contributed by atoms with Gasteiger partial charge >= 0.3 is 0 Å². The maximum absolute atomic E-state index is 5.40. The third-order valence-corrected chi connectivity index (χ3v) is 2.01. The van der Waals surface area contributed by atoms with Crippen LogP contribution in [-0.4, -0.2) is 33.0 Å². The van der Waals surface area contributed by atoms with E-state index in [2.05, 4.69) is 5.43 Å². The van der Waals surface area contributed by atoms with Gasteiger partial charge in [0, 0.05) is 13.5 Å². The van der Waals surface area contributed by atoms with Crippen molar-refractivity contribution >= 4 is 0 Å². The van der Waals surface area contributed by atoms with E-state index in [-0.39, 0.29) is 6.04 Å². The number of nitrogens with one attached hydrogen (secondary N) is 1. The zero-order valence-electron chi connectivity index (χ0n) is 8.94. The van der Waals surface area contributed by atoms with Crippen LogP contribution in [0.25, 0.3) is 0 Å². The van der Waals surface area contributed by atoms with Crippen molar-refractivity contribution in [1.29, 1.82) is 0 Å². The van der Waals surface area contributed by atoms with Crippen molar-refractivity contribution in [3.05, 3.63) is 24.2 Å². The summed E-state index contributed by atoms with van der Waals surface area (Å²) >= 11 is 0. The number of furan rings is 1. The second-order valence-corrected chi connectivity index (χ2v) is 3.21. The Kier molecular flexibility index (Phi) is 6.03. The molecule has 5 nitrogen and oxygen atoms in total. The Morgan fingerprint density at radius 1 is 1.53 bits per heavy atom. The van der Waals surface area contributed by atoms with Gasteiger partial charge in [0.25, 0.3) is 0 Å². The van der Waals surface area contributed by atoms with E-state index in [1.54, 1.807) is 13.4 Å². The minimum absolute atomic E-state index is 0.0630. The third kappa shape index (κ3) is 4.94. The molecule has 1 aromatic heterocycles. The van der Waals surface area contributed by atoms with Crippen LogP contribution < -0.4 is 11.3 Å². The van der Waals surface area contributed by atoms with E-state index in [4.69, 9.17) is 19.7 Å². The maximum atomic E-state index is 5.40. The first-order valence-electron chi connectivity index (χ1n) is 4.92. The second kappa shape index (κ2) is 7.42. The predicted molar refractivity (Wildman–Crippen MR) is 56.2 cm³/mol. The molecule has 86 valence electrons. The van der Waals surface area contributed by atoms with E-state index in [0.29, 0.717) is 19.8 Å². The van der Waals surface area contributed by atoms with Crippen LogP contribution in [0.3, 0.4) is 0 Å². The molecular formula is C10H18N2O3.